The molecule has 0 saturated carbocycles. The monoisotopic (exact) mass is 609 g/mol. The number of nitrogens with one attached hydrogen (secondary N) is 1. The van der Waals surface area contributed by atoms with Crippen LogP contribution in [-0.2, 0) is 16.1 Å². The second kappa shape index (κ2) is 12.4. The van der Waals surface area contributed by atoms with Gasteiger partial charge in [-0.1, -0.05) is 54.6 Å². The number of aryl methyl sites for hydroxylation is 1. The Labute approximate surface area is 257 Å². The van der Waals surface area contributed by atoms with Gasteiger partial charge in [-0.15, -0.1) is 11.8 Å². The van der Waals surface area contributed by atoms with E-state index in [0.29, 0.717) is 17.1 Å². The van der Waals surface area contributed by atoms with Gasteiger partial charge in [-0.05, 0) is 48.7 Å². The molecular weight excluding hydrogens is 580 g/mol. The normalized spacial score (nSPS) is 14.7. The molecule has 1 aliphatic heterocycles. The Bertz CT molecular complexity index is 1850. The summed E-state index contributed by atoms with van der Waals surface area (Å²) in [6, 6.07) is 22.4. The Kier molecular flexibility index (Phi) is 8.25. The average molecular weight is 610 g/mol. The van der Waals surface area contributed by atoms with Crippen molar-refractivity contribution in [1.82, 2.24) is 20.1 Å². The summed E-state index contributed by atoms with van der Waals surface area (Å²) < 4.78 is 31.2. The predicted molar refractivity (Wildman–Crippen MR) is 168 cm³/mol. The Balaban J connectivity index is 1.56. The van der Waals surface area contributed by atoms with Crippen LogP contribution in [0.15, 0.2) is 91.3 Å². The lowest BCUT2D eigenvalue weighted by Gasteiger charge is -2.24. The highest BCUT2D eigenvalue weighted by Gasteiger charge is 2.38. The van der Waals surface area contributed by atoms with Gasteiger partial charge in [0.2, 0.25) is 11.8 Å². The lowest BCUT2D eigenvalue weighted by Crippen LogP contribution is -2.42. The van der Waals surface area contributed by atoms with Crippen LogP contribution in [0.2, 0.25) is 0 Å². The second-order valence-corrected chi connectivity index (χ2v) is 11.7. The number of thioether (sulfide) groups is 1. The van der Waals surface area contributed by atoms with Crippen LogP contribution in [0.1, 0.15) is 33.1 Å². The van der Waals surface area contributed by atoms with Gasteiger partial charge in [0.1, 0.15) is 24.0 Å². The number of benzene rings is 3. The van der Waals surface area contributed by atoms with Crippen LogP contribution < -0.4 is 10.2 Å². The van der Waals surface area contributed by atoms with Crippen LogP contribution in [0.5, 0.6) is 0 Å². The number of amides is 2. The molecule has 3 aromatic carbocycles. The minimum Gasteiger partial charge on any atom is -0.350 e. The molecule has 6 rings (SSSR count). The molecule has 0 unspecified atom stereocenters. The van der Waals surface area contributed by atoms with Gasteiger partial charge in [-0.2, -0.15) is 5.10 Å². The zero-order valence-corrected chi connectivity index (χ0v) is 24.9. The summed E-state index contributed by atoms with van der Waals surface area (Å²) in [4.78, 5) is 32.8. The van der Waals surface area contributed by atoms with E-state index in [1.165, 1.54) is 28.8 Å². The fourth-order valence-electron chi connectivity index (χ4n) is 5.32. The largest absolute Gasteiger partial charge is 0.350 e. The first-order valence-corrected chi connectivity index (χ1v) is 15.1. The molecule has 0 aliphatic carbocycles. The van der Waals surface area contributed by atoms with Gasteiger partial charge in [0, 0.05) is 41.7 Å². The maximum absolute atomic E-state index is 15.5. The summed E-state index contributed by atoms with van der Waals surface area (Å²) in [5.41, 5.74) is 5.59. The summed E-state index contributed by atoms with van der Waals surface area (Å²) in [7, 11) is 0. The third-order valence-electron chi connectivity index (χ3n) is 7.70. The van der Waals surface area contributed by atoms with Crippen molar-refractivity contribution in [1.29, 1.82) is 0 Å². The summed E-state index contributed by atoms with van der Waals surface area (Å²) in [5, 5.41) is 7.23. The number of rotatable bonds is 7. The van der Waals surface area contributed by atoms with E-state index >= 15 is 4.39 Å². The highest BCUT2D eigenvalue weighted by atomic mass is 32.2. The van der Waals surface area contributed by atoms with E-state index in [9.17, 15) is 14.0 Å². The molecular formula is C34H29F2N5O2S. The van der Waals surface area contributed by atoms with Crippen molar-refractivity contribution in [2.24, 2.45) is 0 Å². The first-order chi connectivity index (χ1) is 21.3. The number of carbonyl (C=O) groups is 2. The van der Waals surface area contributed by atoms with Crippen molar-refractivity contribution < 1.29 is 18.4 Å². The van der Waals surface area contributed by atoms with E-state index in [4.69, 9.17) is 5.10 Å². The van der Waals surface area contributed by atoms with Gasteiger partial charge in [-0.3, -0.25) is 19.5 Å². The number of fused-ring (bicyclic) bond motifs is 1. The van der Waals surface area contributed by atoms with Gasteiger partial charge in [0.05, 0.1) is 22.4 Å². The number of hydrogen-bond acceptors (Lipinski definition) is 5. The van der Waals surface area contributed by atoms with E-state index in [2.05, 4.69) is 10.3 Å². The topological polar surface area (TPSA) is 80.1 Å². The lowest BCUT2D eigenvalue weighted by atomic mass is 9.99. The first-order valence-electron chi connectivity index (χ1n) is 14.1. The minimum absolute atomic E-state index is 0.0346. The van der Waals surface area contributed by atoms with Crippen LogP contribution in [0, 0.1) is 25.5 Å². The molecule has 2 aromatic heterocycles. The molecule has 0 fully saturated rings. The number of nitrogens with zero attached hydrogens (tertiary/aromatic N) is 4. The zero-order chi connectivity index (χ0) is 30.8. The highest BCUT2D eigenvalue weighted by molar-refractivity contribution is 8.00. The van der Waals surface area contributed by atoms with Crippen molar-refractivity contribution in [2.45, 2.75) is 25.6 Å². The van der Waals surface area contributed by atoms with Crippen molar-refractivity contribution in [3.05, 3.63) is 131 Å². The van der Waals surface area contributed by atoms with Crippen LogP contribution in [0.25, 0.3) is 16.9 Å². The van der Waals surface area contributed by atoms with Gasteiger partial charge in [0.15, 0.2) is 0 Å². The van der Waals surface area contributed by atoms with Gasteiger partial charge in [0.25, 0.3) is 0 Å². The molecule has 1 N–H and O–H groups in total. The second-order valence-electron chi connectivity index (χ2n) is 10.6. The first kappa shape index (κ1) is 29.3. The smallest absolute Gasteiger partial charge is 0.240 e. The van der Waals surface area contributed by atoms with Crippen LogP contribution in [-0.4, -0.2) is 38.9 Å². The molecule has 7 nitrogen and oxygen atoms in total. The van der Waals surface area contributed by atoms with Crippen molar-refractivity contribution >= 4 is 29.4 Å². The fraction of sp³-hybridized carbons (Fsp3) is 0.176. The molecule has 44 heavy (non-hydrogen) atoms. The van der Waals surface area contributed by atoms with E-state index in [1.807, 2.05) is 68.4 Å². The average Bonchev–Trinajstić information content (AvgIpc) is 3.35. The number of halogens is 2. The summed E-state index contributed by atoms with van der Waals surface area (Å²) in [6.45, 7) is 3.91. The third kappa shape index (κ3) is 5.72. The summed E-state index contributed by atoms with van der Waals surface area (Å²) in [6.07, 6.45) is 3.31. The Morgan fingerprint density at radius 2 is 1.84 bits per heavy atom. The molecule has 2 amide bonds. The van der Waals surface area contributed by atoms with Gasteiger partial charge in [-0.25, -0.2) is 13.5 Å². The Morgan fingerprint density at radius 1 is 1.02 bits per heavy atom. The molecule has 3 heterocycles. The molecule has 222 valence electrons. The maximum atomic E-state index is 15.5. The number of pyridine rings is 1. The minimum atomic E-state index is -0.720. The summed E-state index contributed by atoms with van der Waals surface area (Å²) >= 11 is 1.23. The third-order valence-corrected chi connectivity index (χ3v) is 8.94. The fourth-order valence-corrected chi connectivity index (χ4v) is 6.54. The molecule has 5 aromatic rings. The molecule has 1 aliphatic rings. The highest BCUT2D eigenvalue weighted by Crippen LogP contribution is 2.49. The number of anilines is 1. The molecule has 0 spiro atoms. The predicted octanol–water partition coefficient (Wildman–Crippen LogP) is 6.31. The van der Waals surface area contributed by atoms with E-state index in [1.54, 1.807) is 23.1 Å². The van der Waals surface area contributed by atoms with Gasteiger partial charge < -0.3 is 5.32 Å². The van der Waals surface area contributed by atoms with E-state index in [0.717, 1.165) is 34.0 Å². The molecule has 1 atom stereocenters. The van der Waals surface area contributed by atoms with Crippen molar-refractivity contribution in [3.63, 3.8) is 0 Å². The van der Waals surface area contributed by atoms with E-state index < -0.39 is 16.9 Å². The maximum Gasteiger partial charge on any atom is 0.240 e. The van der Waals surface area contributed by atoms with Crippen LogP contribution in [0.4, 0.5) is 14.6 Å². The quantitative estimate of drug-likeness (QED) is 0.234. The Morgan fingerprint density at radius 3 is 2.59 bits per heavy atom. The van der Waals surface area contributed by atoms with Crippen LogP contribution >= 0.6 is 11.8 Å². The Hall–Kier alpha value is -4.83. The molecule has 0 saturated heterocycles. The van der Waals surface area contributed by atoms with Gasteiger partial charge >= 0.3 is 0 Å². The lowest BCUT2D eigenvalue weighted by molar-refractivity contribution is -0.123. The molecule has 0 bridgehead atoms. The number of carbonyl (C=O) groups excluding carboxylic acids is 2. The molecule has 0 radical (unpaired) electrons. The van der Waals surface area contributed by atoms with Crippen molar-refractivity contribution in [2.75, 3.05) is 17.2 Å². The molecule has 10 heteroatoms. The van der Waals surface area contributed by atoms with Crippen molar-refractivity contribution in [3.8, 4) is 16.9 Å². The number of aromatic nitrogens is 3. The van der Waals surface area contributed by atoms with Crippen LogP contribution in [0.3, 0.4) is 0 Å². The van der Waals surface area contributed by atoms with E-state index in [-0.39, 0.29) is 36.2 Å². The summed E-state index contributed by atoms with van der Waals surface area (Å²) in [5.74, 6) is -1.78. The number of hydrogen-bond donors (Lipinski definition) is 1. The SMILES string of the molecule is Cc1cccc(-n2nc(-c3ccccc3)c3c2N(CC(=O)NCc2cccnc2)C(=O)CS[C@@H]3c2ccc(F)cc2F)c1C. The zero-order valence-electron chi connectivity index (χ0n) is 24.1. The standard InChI is InChI=1S/C34H29F2N5O2S/c1-21-8-6-12-28(22(21)2)41-34-31(32(39-41)24-10-4-3-5-11-24)33(26-14-13-25(35)16-27(26)36)44-20-30(43)40(34)19-29(42)38-18-23-9-7-15-37-17-23/h3-17,33H,18-20H2,1-2H3,(H,38,42)/t33-/m1/s1.